The molecular formula is C22H23NO5. The molecule has 0 N–H and O–H groups in total. The Morgan fingerprint density at radius 1 is 1.11 bits per heavy atom. The fraction of sp³-hybridized carbons (Fsp3) is 0.273. The van der Waals surface area contributed by atoms with Crippen LogP contribution in [0.5, 0.6) is 0 Å². The highest BCUT2D eigenvalue weighted by Gasteiger charge is 2.13. The molecule has 0 spiro atoms. The average Bonchev–Trinajstić information content (AvgIpc) is 2.64. The van der Waals surface area contributed by atoms with Crippen molar-refractivity contribution >= 4 is 23.5 Å². The zero-order valence-electron chi connectivity index (χ0n) is 16.2. The maximum atomic E-state index is 11.9. The lowest BCUT2D eigenvalue weighted by atomic mass is 9.87. The average molecular weight is 381 g/mol. The molecule has 0 amide bonds. The van der Waals surface area contributed by atoms with Crippen molar-refractivity contribution in [3.8, 4) is 0 Å². The molecule has 0 radical (unpaired) electrons. The number of nitro groups is 1. The largest absolute Gasteiger partial charge is 0.460 e. The van der Waals surface area contributed by atoms with Gasteiger partial charge in [-0.3, -0.25) is 19.7 Å². The van der Waals surface area contributed by atoms with E-state index in [1.165, 1.54) is 35.9 Å². The first-order chi connectivity index (χ1) is 13.1. The third kappa shape index (κ3) is 6.46. The molecule has 0 aliphatic rings. The lowest BCUT2D eigenvalue weighted by Crippen LogP contribution is -2.11. The van der Waals surface area contributed by atoms with Crippen LogP contribution in [0.1, 0.15) is 43.9 Å². The number of ketones is 1. The first kappa shape index (κ1) is 21.0. The molecule has 0 aliphatic carbocycles. The summed E-state index contributed by atoms with van der Waals surface area (Å²) in [6.07, 6.45) is 2.28. The number of esters is 1. The second kappa shape index (κ2) is 9.08. The Bertz CT molecular complexity index is 892. The molecule has 2 aromatic rings. The van der Waals surface area contributed by atoms with Crippen molar-refractivity contribution in [2.24, 2.45) is 0 Å². The molecule has 2 aromatic carbocycles. The molecule has 0 unspecified atom stereocenters. The van der Waals surface area contributed by atoms with Gasteiger partial charge in [0.15, 0.2) is 5.78 Å². The van der Waals surface area contributed by atoms with Crippen molar-refractivity contribution in [1.29, 1.82) is 0 Å². The van der Waals surface area contributed by atoms with Gasteiger partial charge in [-0.15, -0.1) is 0 Å². The van der Waals surface area contributed by atoms with Gasteiger partial charge in [-0.25, -0.2) is 0 Å². The van der Waals surface area contributed by atoms with Crippen LogP contribution >= 0.6 is 0 Å². The first-order valence-electron chi connectivity index (χ1n) is 8.85. The number of hydrogen-bond donors (Lipinski definition) is 0. The monoisotopic (exact) mass is 381 g/mol. The fourth-order valence-corrected chi connectivity index (χ4v) is 2.45. The third-order valence-corrected chi connectivity index (χ3v) is 4.08. The minimum Gasteiger partial charge on any atom is -0.460 e. The summed E-state index contributed by atoms with van der Waals surface area (Å²) in [6.45, 7) is 6.46. The van der Waals surface area contributed by atoms with Crippen LogP contribution in [-0.2, 0) is 26.3 Å². The van der Waals surface area contributed by atoms with E-state index < -0.39 is 16.7 Å². The van der Waals surface area contributed by atoms with Gasteiger partial charge in [-0.2, -0.15) is 0 Å². The van der Waals surface area contributed by atoms with Crippen LogP contribution in [0.25, 0.3) is 6.08 Å². The number of benzene rings is 2. The van der Waals surface area contributed by atoms with E-state index in [0.717, 1.165) is 5.56 Å². The third-order valence-electron chi connectivity index (χ3n) is 4.08. The number of carbonyl (C=O) groups is 2. The van der Waals surface area contributed by atoms with Crippen molar-refractivity contribution in [3.05, 3.63) is 81.4 Å². The summed E-state index contributed by atoms with van der Waals surface area (Å²) in [7, 11) is 0. The second-order valence-corrected chi connectivity index (χ2v) is 7.44. The van der Waals surface area contributed by atoms with Crippen molar-refractivity contribution < 1.29 is 19.2 Å². The van der Waals surface area contributed by atoms with Gasteiger partial charge >= 0.3 is 5.97 Å². The van der Waals surface area contributed by atoms with Gasteiger partial charge in [0.25, 0.3) is 5.69 Å². The Balaban J connectivity index is 1.85. The summed E-state index contributed by atoms with van der Waals surface area (Å²) in [6, 6.07) is 13.7. The highest BCUT2D eigenvalue weighted by Crippen LogP contribution is 2.22. The van der Waals surface area contributed by atoms with Crippen LogP contribution in [0.4, 0.5) is 5.69 Å². The molecule has 0 aromatic heterocycles. The number of carbonyl (C=O) groups excluding carboxylic acids is 2. The van der Waals surface area contributed by atoms with Crippen LogP contribution in [0, 0.1) is 10.1 Å². The predicted octanol–water partition coefficient (Wildman–Crippen LogP) is 4.61. The van der Waals surface area contributed by atoms with E-state index in [4.69, 9.17) is 4.74 Å². The first-order valence-corrected chi connectivity index (χ1v) is 8.85. The molecular weight excluding hydrogens is 358 g/mol. The van der Waals surface area contributed by atoms with Crippen LogP contribution < -0.4 is 0 Å². The van der Waals surface area contributed by atoms with E-state index in [1.807, 2.05) is 24.3 Å². The minimum absolute atomic E-state index is 0.0488. The van der Waals surface area contributed by atoms with E-state index in [9.17, 15) is 19.7 Å². The van der Waals surface area contributed by atoms with Crippen molar-refractivity contribution in [2.45, 2.75) is 39.2 Å². The maximum absolute atomic E-state index is 11.9. The van der Waals surface area contributed by atoms with Crippen LogP contribution in [0.15, 0.2) is 54.6 Å². The molecule has 0 saturated heterocycles. The Morgan fingerprint density at radius 2 is 1.79 bits per heavy atom. The second-order valence-electron chi connectivity index (χ2n) is 7.44. The maximum Gasteiger partial charge on any atom is 0.314 e. The molecule has 6 nitrogen and oxygen atoms in total. The number of nitrogens with zero attached hydrogens (tertiary/aromatic N) is 1. The van der Waals surface area contributed by atoms with Gasteiger partial charge in [-0.1, -0.05) is 63.2 Å². The number of rotatable bonds is 7. The van der Waals surface area contributed by atoms with E-state index in [2.05, 4.69) is 20.8 Å². The molecule has 0 fully saturated rings. The molecule has 2 rings (SSSR count). The predicted molar refractivity (Wildman–Crippen MR) is 107 cm³/mol. The number of nitro benzene ring substituents is 1. The Hall–Kier alpha value is -3.28. The molecule has 6 heteroatoms. The molecule has 28 heavy (non-hydrogen) atoms. The quantitative estimate of drug-likeness (QED) is 0.230. The lowest BCUT2D eigenvalue weighted by Gasteiger charge is -2.19. The molecule has 0 bridgehead atoms. The summed E-state index contributed by atoms with van der Waals surface area (Å²) in [5, 5.41) is 10.7. The number of non-ortho nitro benzene ring substituents is 1. The number of ether oxygens (including phenoxy) is 1. The van der Waals surface area contributed by atoms with Gasteiger partial charge in [0.1, 0.15) is 13.0 Å². The van der Waals surface area contributed by atoms with Gasteiger partial charge < -0.3 is 4.74 Å². The smallest absolute Gasteiger partial charge is 0.314 e. The van der Waals surface area contributed by atoms with Crippen molar-refractivity contribution in [1.82, 2.24) is 0 Å². The van der Waals surface area contributed by atoms with Crippen LogP contribution in [0.3, 0.4) is 0 Å². The molecule has 146 valence electrons. The van der Waals surface area contributed by atoms with E-state index >= 15 is 0 Å². The van der Waals surface area contributed by atoms with E-state index in [-0.39, 0.29) is 24.1 Å². The summed E-state index contributed by atoms with van der Waals surface area (Å²) < 4.78 is 5.14. The highest BCUT2D eigenvalue weighted by atomic mass is 16.6. The Morgan fingerprint density at radius 3 is 2.39 bits per heavy atom. The highest BCUT2D eigenvalue weighted by molar-refractivity contribution is 6.03. The summed E-state index contributed by atoms with van der Waals surface area (Å²) in [5.74, 6) is -1.05. The van der Waals surface area contributed by atoms with Gasteiger partial charge in [0, 0.05) is 12.1 Å². The van der Waals surface area contributed by atoms with Crippen molar-refractivity contribution in [3.63, 3.8) is 0 Å². The summed E-state index contributed by atoms with van der Waals surface area (Å²) in [4.78, 5) is 34.0. The topological polar surface area (TPSA) is 86.5 Å². The molecule has 0 atom stereocenters. The molecule has 0 heterocycles. The van der Waals surface area contributed by atoms with E-state index in [1.54, 1.807) is 6.07 Å². The van der Waals surface area contributed by atoms with Crippen LogP contribution in [-0.4, -0.2) is 16.7 Å². The number of allylic oxidation sites excluding steroid dienone is 1. The zero-order valence-corrected chi connectivity index (χ0v) is 16.2. The molecule has 0 aliphatic heterocycles. The van der Waals surface area contributed by atoms with Gasteiger partial charge in [0.05, 0.1) is 4.92 Å². The lowest BCUT2D eigenvalue weighted by molar-refractivity contribution is -0.384. The fourth-order valence-electron chi connectivity index (χ4n) is 2.45. The van der Waals surface area contributed by atoms with Crippen LogP contribution in [0.2, 0.25) is 0 Å². The normalized spacial score (nSPS) is 11.4. The minimum atomic E-state index is -0.617. The van der Waals surface area contributed by atoms with Gasteiger partial charge in [-0.05, 0) is 28.2 Å². The summed E-state index contributed by atoms with van der Waals surface area (Å²) >= 11 is 0. The Kier molecular flexibility index (Phi) is 6.82. The summed E-state index contributed by atoms with van der Waals surface area (Å²) in [5.41, 5.74) is 2.53. The molecule has 0 saturated carbocycles. The van der Waals surface area contributed by atoms with Crippen molar-refractivity contribution in [2.75, 3.05) is 0 Å². The SMILES string of the molecule is CC(C)(C)c1ccc(COC(=O)CC(=O)C=Cc2cccc([N+](=O)[O-])c2)cc1. The standard InChI is InChI=1S/C22H23NO5/c1-22(2,3)18-10-7-17(8-11-18)15-28-21(25)14-20(24)12-9-16-5-4-6-19(13-16)23(26)27/h4-13H,14-15H2,1-3H3. The van der Waals surface area contributed by atoms with Gasteiger partial charge in [0.2, 0.25) is 0 Å². The Labute approximate surface area is 164 Å². The van der Waals surface area contributed by atoms with E-state index in [0.29, 0.717) is 5.56 Å². The zero-order chi connectivity index (χ0) is 20.7. The number of hydrogen-bond acceptors (Lipinski definition) is 5.